The number of pyridine rings is 2. The Bertz CT molecular complexity index is 1380. The SMILES string of the molecule is CCN(CC)CCN1CCN(c2ccc3[nH]c(-c4cn5ncnc5c(C)c4C)c(C(C)C)c3n2)[C@@H](C)C1. The Hall–Kier alpha value is -2.97. The molecular weight excluding hydrogens is 460 g/mol. The van der Waals surface area contributed by atoms with Crippen molar-refractivity contribution in [3.63, 3.8) is 0 Å². The highest BCUT2D eigenvalue weighted by Crippen LogP contribution is 2.38. The fourth-order valence-electron chi connectivity index (χ4n) is 5.86. The van der Waals surface area contributed by atoms with Crippen LogP contribution in [0.1, 0.15) is 57.2 Å². The summed E-state index contributed by atoms with van der Waals surface area (Å²) in [7, 11) is 0. The van der Waals surface area contributed by atoms with Crippen LogP contribution in [0.15, 0.2) is 24.7 Å². The molecule has 1 N–H and O–H groups in total. The minimum absolute atomic E-state index is 0.326. The lowest BCUT2D eigenvalue weighted by Gasteiger charge is -2.41. The van der Waals surface area contributed by atoms with Crippen LogP contribution in [0.2, 0.25) is 0 Å². The van der Waals surface area contributed by atoms with Crippen molar-refractivity contribution in [1.29, 1.82) is 0 Å². The molecule has 5 heterocycles. The van der Waals surface area contributed by atoms with Crippen molar-refractivity contribution in [1.82, 2.24) is 34.4 Å². The largest absolute Gasteiger partial charge is 0.353 e. The second-order valence-corrected chi connectivity index (χ2v) is 10.8. The number of nitrogens with one attached hydrogen (secondary N) is 1. The highest BCUT2D eigenvalue weighted by atomic mass is 15.3. The average Bonchev–Trinajstić information content (AvgIpc) is 3.51. The van der Waals surface area contributed by atoms with E-state index in [1.807, 2.05) is 4.52 Å². The quantitative estimate of drug-likeness (QED) is 0.371. The second-order valence-electron chi connectivity index (χ2n) is 10.8. The standard InChI is InChI=1S/C29H42N8/c1-8-34(9-2)12-13-35-14-15-36(20(5)16-35)25-11-10-24-28(33-25)26(19(3)4)27(32-24)23-17-37-29(30-18-31-37)22(7)21(23)6/h10-11,17-20,32H,8-9,12-16H2,1-7H3/t20-/m0/s1. The van der Waals surface area contributed by atoms with E-state index in [4.69, 9.17) is 4.98 Å². The molecule has 8 nitrogen and oxygen atoms in total. The van der Waals surface area contributed by atoms with Gasteiger partial charge in [-0.2, -0.15) is 5.10 Å². The van der Waals surface area contributed by atoms with Gasteiger partial charge in [-0.25, -0.2) is 14.5 Å². The first-order chi connectivity index (χ1) is 17.8. The molecule has 37 heavy (non-hydrogen) atoms. The molecule has 0 spiro atoms. The molecule has 198 valence electrons. The molecule has 5 rings (SSSR count). The Morgan fingerprint density at radius 3 is 2.59 bits per heavy atom. The first-order valence-electron chi connectivity index (χ1n) is 13.9. The lowest BCUT2D eigenvalue weighted by molar-refractivity contribution is 0.189. The van der Waals surface area contributed by atoms with E-state index in [0.29, 0.717) is 12.0 Å². The number of aryl methyl sites for hydroxylation is 1. The molecule has 1 aliphatic rings. The molecular formula is C29H42N8. The number of nitrogens with zero attached hydrogens (tertiary/aromatic N) is 7. The monoisotopic (exact) mass is 502 g/mol. The number of piperazine rings is 1. The highest BCUT2D eigenvalue weighted by Gasteiger charge is 2.26. The third-order valence-corrected chi connectivity index (χ3v) is 8.27. The van der Waals surface area contributed by atoms with Crippen LogP contribution in [0.4, 0.5) is 5.82 Å². The molecule has 1 fully saturated rings. The van der Waals surface area contributed by atoms with Gasteiger partial charge in [-0.05, 0) is 63.0 Å². The van der Waals surface area contributed by atoms with Gasteiger partial charge in [-0.1, -0.05) is 27.7 Å². The van der Waals surface area contributed by atoms with E-state index in [1.165, 1.54) is 11.1 Å². The second kappa shape index (κ2) is 10.4. The van der Waals surface area contributed by atoms with Crippen molar-refractivity contribution in [3.05, 3.63) is 41.3 Å². The molecule has 0 unspecified atom stereocenters. The van der Waals surface area contributed by atoms with Crippen LogP contribution in [-0.2, 0) is 0 Å². The number of rotatable bonds is 8. The van der Waals surface area contributed by atoms with Gasteiger partial charge in [0.15, 0.2) is 5.65 Å². The minimum atomic E-state index is 0.326. The average molecular weight is 503 g/mol. The van der Waals surface area contributed by atoms with Gasteiger partial charge in [-0.15, -0.1) is 0 Å². The van der Waals surface area contributed by atoms with Crippen molar-refractivity contribution in [2.24, 2.45) is 0 Å². The van der Waals surface area contributed by atoms with Gasteiger partial charge in [-0.3, -0.25) is 4.90 Å². The summed E-state index contributed by atoms with van der Waals surface area (Å²) in [6, 6.07) is 4.83. The Morgan fingerprint density at radius 1 is 1.11 bits per heavy atom. The predicted molar refractivity (Wildman–Crippen MR) is 153 cm³/mol. The number of hydrogen-bond donors (Lipinski definition) is 1. The van der Waals surface area contributed by atoms with Crippen LogP contribution in [-0.4, -0.2) is 86.2 Å². The highest BCUT2D eigenvalue weighted by molar-refractivity contribution is 5.90. The first-order valence-corrected chi connectivity index (χ1v) is 13.9. The van der Waals surface area contributed by atoms with E-state index in [2.05, 4.69) is 96.6 Å². The normalized spacial score (nSPS) is 17.2. The lowest BCUT2D eigenvalue weighted by Crippen LogP contribution is -2.53. The van der Waals surface area contributed by atoms with Crippen LogP contribution < -0.4 is 4.90 Å². The zero-order chi connectivity index (χ0) is 26.3. The molecule has 4 aromatic rings. The third kappa shape index (κ3) is 4.73. The number of hydrogen-bond acceptors (Lipinski definition) is 6. The molecule has 0 aliphatic carbocycles. The number of H-pyrrole nitrogens is 1. The summed E-state index contributed by atoms with van der Waals surface area (Å²) < 4.78 is 1.88. The predicted octanol–water partition coefficient (Wildman–Crippen LogP) is 4.87. The molecule has 1 atom stereocenters. The molecule has 8 heteroatoms. The van der Waals surface area contributed by atoms with Crippen molar-refractivity contribution in [2.75, 3.05) is 50.7 Å². The van der Waals surface area contributed by atoms with Gasteiger partial charge in [0.05, 0.1) is 16.7 Å². The summed E-state index contributed by atoms with van der Waals surface area (Å²) in [5.74, 6) is 1.41. The molecule has 1 saturated heterocycles. The van der Waals surface area contributed by atoms with E-state index in [-0.39, 0.29) is 0 Å². The maximum Gasteiger partial charge on any atom is 0.158 e. The molecule has 0 radical (unpaired) electrons. The Labute approximate surface area is 220 Å². The van der Waals surface area contributed by atoms with Gasteiger partial charge in [0.1, 0.15) is 12.1 Å². The van der Waals surface area contributed by atoms with Crippen LogP contribution in [0, 0.1) is 13.8 Å². The number of aromatic nitrogens is 5. The Balaban J connectivity index is 1.46. The summed E-state index contributed by atoms with van der Waals surface area (Å²) >= 11 is 0. The fraction of sp³-hybridized carbons (Fsp3) is 0.552. The third-order valence-electron chi connectivity index (χ3n) is 8.27. The maximum atomic E-state index is 5.28. The fourth-order valence-corrected chi connectivity index (χ4v) is 5.86. The van der Waals surface area contributed by atoms with Crippen LogP contribution >= 0.6 is 0 Å². The van der Waals surface area contributed by atoms with E-state index < -0.39 is 0 Å². The van der Waals surface area contributed by atoms with E-state index in [9.17, 15) is 0 Å². The smallest absolute Gasteiger partial charge is 0.158 e. The van der Waals surface area contributed by atoms with Gasteiger partial charge in [0.25, 0.3) is 0 Å². The summed E-state index contributed by atoms with van der Waals surface area (Å²) in [6.45, 7) is 23.3. The minimum Gasteiger partial charge on any atom is -0.353 e. The zero-order valence-corrected chi connectivity index (χ0v) is 23.5. The summed E-state index contributed by atoms with van der Waals surface area (Å²) in [5, 5.41) is 4.42. The summed E-state index contributed by atoms with van der Waals surface area (Å²) in [4.78, 5) is 21.0. The number of likely N-dealkylation sites (N-methyl/N-ethyl adjacent to an activating group) is 1. The van der Waals surface area contributed by atoms with Crippen LogP contribution in [0.3, 0.4) is 0 Å². The topological polar surface area (TPSA) is 68.6 Å². The number of fused-ring (bicyclic) bond motifs is 2. The van der Waals surface area contributed by atoms with Gasteiger partial charge < -0.3 is 14.8 Å². The zero-order valence-electron chi connectivity index (χ0n) is 23.5. The van der Waals surface area contributed by atoms with E-state index >= 15 is 0 Å². The molecule has 1 aliphatic heterocycles. The maximum absolute atomic E-state index is 5.28. The van der Waals surface area contributed by atoms with Crippen molar-refractivity contribution in [3.8, 4) is 11.3 Å². The van der Waals surface area contributed by atoms with Gasteiger partial charge in [0, 0.05) is 56.1 Å². The van der Waals surface area contributed by atoms with Crippen molar-refractivity contribution < 1.29 is 0 Å². The van der Waals surface area contributed by atoms with E-state index in [1.54, 1.807) is 6.33 Å². The first kappa shape index (κ1) is 25.7. The molecule has 0 saturated carbocycles. The molecule has 0 aromatic carbocycles. The Morgan fingerprint density at radius 2 is 1.89 bits per heavy atom. The van der Waals surface area contributed by atoms with Crippen molar-refractivity contribution in [2.45, 2.75) is 60.4 Å². The van der Waals surface area contributed by atoms with Crippen LogP contribution in [0.25, 0.3) is 27.9 Å². The van der Waals surface area contributed by atoms with E-state index in [0.717, 1.165) is 85.1 Å². The molecule has 0 amide bonds. The number of aromatic amines is 1. The summed E-state index contributed by atoms with van der Waals surface area (Å²) in [6.07, 6.45) is 3.72. The Kier molecular flexibility index (Phi) is 7.23. The van der Waals surface area contributed by atoms with Gasteiger partial charge in [0.2, 0.25) is 0 Å². The van der Waals surface area contributed by atoms with Crippen molar-refractivity contribution >= 4 is 22.5 Å². The summed E-state index contributed by atoms with van der Waals surface area (Å²) in [5.41, 5.74) is 9.03. The lowest BCUT2D eigenvalue weighted by atomic mass is 9.95. The molecule has 4 aromatic heterocycles. The van der Waals surface area contributed by atoms with Crippen LogP contribution in [0.5, 0.6) is 0 Å². The molecule has 0 bridgehead atoms. The van der Waals surface area contributed by atoms with Gasteiger partial charge >= 0.3 is 0 Å². The number of anilines is 1.